The van der Waals surface area contributed by atoms with E-state index in [0.29, 0.717) is 0 Å². The molecule has 0 N–H and O–H groups in total. The highest BCUT2D eigenvalue weighted by molar-refractivity contribution is 6.12. The number of imidazole rings is 1. The third-order valence-corrected chi connectivity index (χ3v) is 11.7. The van der Waals surface area contributed by atoms with Crippen LogP contribution in [0.5, 0.6) is 0 Å². The van der Waals surface area contributed by atoms with Gasteiger partial charge in [-0.05, 0) is 71.3 Å². The number of fused-ring (bicyclic) bond motifs is 13. The number of nitrogens with zero attached hydrogens (tertiary/aromatic N) is 3. The lowest BCUT2D eigenvalue weighted by Crippen LogP contribution is -2.06. The van der Waals surface area contributed by atoms with Crippen molar-refractivity contribution in [3.8, 4) is 22.5 Å². The molecule has 4 aromatic heterocycles. The second-order valence-electron chi connectivity index (χ2n) is 14.6. The average molecular weight is 696 g/mol. The van der Waals surface area contributed by atoms with Gasteiger partial charge in [-0.1, -0.05) is 127 Å². The second-order valence-corrected chi connectivity index (χ2v) is 14.6. The molecule has 11 aromatic rings. The first-order valence-electron chi connectivity index (χ1n) is 18.8. The van der Waals surface area contributed by atoms with Crippen LogP contribution in [0.4, 0.5) is 0 Å². The topological polar surface area (TPSA) is 49.0 Å². The van der Waals surface area contributed by atoms with Gasteiger partial charge in [-0.2, -0.15) is 0 Å². The van der Waals surface area contributed by atoms with Gasteiger partial charge in [0.1, 0.15) is 28.1 Å². The lowest BCUT2D eigenvalue weighted by atomic mass is 9.86. The molecule has 0 radical (unpaired) electrons. The van der Waals surface area contributed by atoms with Gasteiger partial charge in [0, 0.05) is 33.4 Å². The largest absolute Gasteiger partial charge is 0.456 e. The zero-order chi connectivity index (χ0) is 35.3. The Morgan fingerprint density at radius 3 is 2.02 bits per heavy atom. The summed E-state index contributed by atoms with van der Waals surface area (Å²) >= 11 is 0. The summed E-state index contributed by atoms with van der Waals surface area (Å²) in [6.07, 6.45) is 2.68. The van der Waals surface area contributed by atoms with Gasteiger partial charge in [-0.3, -0.25) is 9.13 Å². The zero-order valence-corrected chi connectivity index (χ0v) is 29.4. The van der Waals surface area contributed by atoms with E-state index < -0.39 is 0 Å². The molecule has 0 fully saturated rings. The molecular formula is C49H33N3O2. The number of para-hydroxylation sites is 5. The Bertz CT molecular complexity index is 3270. The lowest BCUT2D eigenvalue weighted by molar-refractivity contribution is 0.610. The Hall–Kier alpha value is -6.85. The summed E-state index contributed by atoms with van der Waals surface area (Å²) < 4.78 is 17.9. The highest BCUT2D eigenvalue weighted by Gasteiger charge is 2.30. The highest BCUT2D eigenvalue weighted by Crippen LogP contribution is 2.44. The maximum absolute atomic E-state index is 6.61. The van der Waals surface area contributed by atoms with Crippen molar-refractivity contribution in [2.24, 2.45) is 0 Å². The number of aryl methyl sites for hydroxylation is 1. The molecule has 12 rings (SSSR count). The van der Waals surface area contributed by atoms with Crippen molar-refractivity contribution in [3.05, 3.63) is 175 Å². The number of hydrogen-bond donors (Lipinski definition) is 0. The summed E-state index contributed by atoms with van der Waals surface area (Å²) in [7, 11) is 0. The number of hydrogen-bond acceptors (Lipinski definition) is 3. The van der Waals surface area contributed by atoms with E-state index in [1.165, 1.54) is 44.1 Å². The van der Waals surface area contributed by atoms with Gasteiger partial charge < -0.3 is 8.83 Å². The summed E-state index contributed by atoms with van der Waals surface area (Å²) in [5.74, 6) is 1.34. The predicted molar refractivity (Wildman–Crippen MR) is 219 cm³/mol. The van der Waals surface area contributed by atoms with E-state index in [1.807, 2.05) is 18.2 Å². The van der Waals surface area contributed by atoms with Crippen molar-refractivity contribution >= 4 is 65.9 Å². The molecule has 1 atom stereocenters. The third kappa shape index (κ3) is 4.24. The minimum Gasteiger partial charge on any atom is -0.456 e. The average Bonchev–Trinajstić information content (AvgIpc) is 3.96. The van der Waals surface area contributed by atoms with E-state index >= 15 is 0 Å². The van der Waals surface area contributed by atoms with Crippen LogP contribution in [0.15, 0.2) is 167 Å². The second kappa shape index (κ2) is 11.3. The molecule has 1 unspecified atom stereocenters. The van der Waals surface area contributed by atoms with Gasteiger partial charge in [0.2, 0.25) is 0 Å². The zero-order valence-electron chi connectivity index (χ0n) is 29.4. The van der Waals surface area contributed by atoms with Crippen molar-refractivity contribution in [2.45, 2.75) is 25.2 Å². The van der Waals surface area contributed by atoms with Gasteiger partial charge >= 0.3 is 0 Å². The molecule has 5 heterocycles. The molecule has 0 bridgehead atoms. The van der Waals surface area contributed by atoms with Crippen LogP contribution in [-0.4, -0.2) is 14.1 Å². The number of aromatic nitrogens is 3. The minimum absolute atomic E-state index is 0.262. The van der Waals surface area contributed by atoms with E-state index in [1.54, 1.807) is 0 Å². The van der Waals surface area contributed by atoms with Crippen molar-refractivity contribution < 1.29 is 8.83 Å². The molecule has 0 amide bonds. The first kappa shape index (κ1) is 29.7. The summed E-state index contributed by atoms with van der Waals surface area (Å²) in [5, 5.41) is 5.74. The number of rotatable bonds is 4. The molecule has 54 heavy (non-hydrogen) atoms. The van der Waals surface area contributed by atoms with Crippen molar-refractivity contribution in [1.29, 1.82) is 0 Å². The molecule has 1 aliphatic heterocycles. The van der Waals surface area contributed by atoms with Crippen LogP contribution in [0.3, 0.4) is 0 Å². The Balaban J connectivity index is 1.10. The van der Waals surface area contributed by atoms with E-state index in [2.05, 4.69) is 149 Å². The van der Waals surface area contributed by atoms with Gasteiger partial charge in [0.05, 0.1) is 16.9 Å². The summed E-state index contributed by atoms with van der Waals surface area (Å²) in [5.41, 5.74) is 14.0. The molecule has 0 spiro atoms. The molecule has 256 valence electrons. The molecule has 0 saturated carbocycles. The maximum Gasteiger partial charge on any atom is 0.164 e. The highest BCUT2D eigenvalue weighted by atomic mass is 16.3. The quantitative estimate of drug-likeness (QED) is 0.184. The molecule has 1 aliphatic rings. The van der Waals surface area contributed by atoms with E-state index in [9.17, 15) is 0 Å². The predicted octanol–water partition coefficient (Wildman–Crippen LogP) is 12.7. The molecule has 5 heteroatoms. The van der Waals surface area contributed by atoms with E-state index in [0.717, 1.165) is 80.6 Å². The molecule has 5 nitrogen and oxygen atoms in total. The summed E-state index contributed by atoms with van der Waals surface area (Å²) in [4.78, 5) is 5.57. The molecule has 0 saturated heterocycles. The molecule has 0 aliphatic carbocycles. The minimum atomic E-state index is 0.262. The monoisotopic (exact) mass is 695 g/mol. The fourth-order valence-corrected chi connectivity index (χ4v) is 9.21. The van der Waals surface area contributed by atoms with Gasteiger partial charge in [-0.15, -0.1) is 0 Å². The summed E-state index contributed by atoms with van der Waals surface area (Å²) in [6.45, 7) is 0. The Kier molecular flexibility index (Phi) is 6.23. The van der Waals surface area contributed by atoms with Gasteiger partial charge in [0.25, 0.3) is 0 Å². The lowest BCUT2D eigenvalue weighted by Gasteiger charge is -2.20. The Morgan fingerprint density at radius 1 is 0.537 bits per heavy atom. The first-order chi connectivity index (χ1) is 26.8. The van der Waals surface area contributed by atoms with Crippen LogP contribution in [0.2, 0.25) is 0 Å². The summed E-state index contributed by atoms with van der Waals surface area (Å²) in [6, 6.07) is 56.2. The fourth-order valence-electron chi connectivity index (χ4n) is 9.21. The van der Waals surface area contributed by atoms with Gasteiger partial charge in [-0.25, -0.2) is 4.98 Å². The third-order valence-electron chi connectivity index (χ3n) is 11.7. The van der Waals surface area contributed by atoms with Crippen LogP contribution in [0, 0.1) is 0 Å². The normalized spacial score (nSPS) is 14.4. The van der Waals surface area contributed by atoms with E-state index in [4.69, 9.17) is 13.8 Å². The fraction of sp³-hybridized carbons (Fsp3) is 0.0816. The van der Waals surface area contributed by atoms with Crippen molar-refractivity contribution in [1.82, 2.24) is 14.1 Å². The number of furan rings is 2. The number of benzene rings is 7. The Morgan fingerprint density at radius 2 is 1.20 bits per heavy atom. The molecular weight excluding hydrogens is 663 g/mol. The molecule has 7 aromatic carbocycles. The van der Waals surface area contributed by atoms with Crippen molar-refractivity contribution in [3.63, 3.8) is 0 Å². The van der Waals surface area contributed by atoms with E-state index in [-0.39, 0.29) is 5.92 Å². The smallest absolute Gasteiger partial charge is 0.164 e. The standard InChI is InChI=1S/C49H33N3O2/c1-2-12-30(13-3-1)31-24-26-34-32(28-33-14-10-18-37-35-15-5-8-22-43(35)53-47(33)37)25-27-45-50-49-46(52(45)42(34)29-31)39-17-4-7-20-40(39)51(49)41-21-11-19-38-36-16-6-9-23-44(36)54-48(38)41/h1-24,26,29,32H,25,27-28H2. The van der Waals surface area contributed by atoms with Crippen molar-refractivity contribution in [2.75, 3.05) is 0 Å². The first-order valence-corrected chi connectivity index (χ1v) is 18.8. The van der Waals surface area contributed by atoms with Gasteiger partial charge in [0.15, 0.2) is 11.2 Å². The SMILES string of the molecule is c1ccc(-c2ccc3c(c2)-n2c(nc4c2c2ccccc2n4-c2cccc4c2oc2ccccc24)CCC3Cc2cccc3c2oc2ccccc23)cc1. The van der Waals surface area contributed by atoms with Crippen LogP contribution in [0.1, 0.15) is 29.3 Å². The maximum atomic E-state index is 6.61. The van der Waals surface area contributed by atoms with Crippen LogP contribution < -0.4 is 0 Å². The van der Waals surface area contributed by atoms with Crippen LogP contribution in [-0.2, 0) is 12.8 Å². The van der Waals surface area contributed by atoms with Crippen LogP contribution >= 0.6 is 0 Å². The van der Waals surface area contributed by atoms with Crippen LogP contribution in [0.25, 0.3) is 88.4 Å². The Labute approximate surface area is 310 Å².